The molecule has 0 aliphatic carbocycles. The molecule has 1 aromatic rings. The number of hydrogen-bond donors (Lipinski definition) is 1. The highest BCUT2D eigenvalue weighted by atomic mass is 79.9. The number of alkyl halides is 1. The number of anilines is 1. The SMILES string of the molecule is N#Cc1ccc(NC(=O)CCBr)c(Cl)c1. The Morgan fingerprint density at radius 3 is 2.87 bits per heavy atom. The van der Waals surface area contributed by atoms with Crippen molar-refractivity contribution in [2.75, 3.05) is 10.6 Å². The van der Waals surface area contributed by atoms with Crippen molar-refractivity contribution in [3.63, 3.8) is 0 Å². The van der Waals surface area contributed by atoms with Crippen molar-refractivity contribution in [1.82, 2.24) is 0 Å². The first-order valence-corrected chi connectivity index (χ1v) is 5.72. The standard InChI is InChI=1S/C10H8BrClN2O/c11-4-3-10(15)14-9-2-1-7(6-13)5-8(9)12/h1-2,5H,3-4H2,(H,14,15). The quantitative estimate of drug-likeness (QED) is 0.869. The summed E-state index contributed by atoms with van der Waals surface area (Å²) in [6, 6.07) is 6.71. The molecule has 78 valence electrons. The van der Waals surface area contributed by atoms with Crippen LogP contribution in [0.3, 0.4) is 0 Å². The van der Waals surface area contributed by atoms with Gasteiger partial charge in [-0.1, -0.05) is 27.5 Å². The van der Waals surface area contributed by atoms with Crippen LogP contribution in [0.1, 0.15) is 12.0 Å². The van der Waals surface area contributed by atoms with Gasteiger partial charge in [0.2, 0.25) is 5.91 Å². The van der Waals surface area contributed by atoms with Crippen molar-refractivity contribution in [2.24, 2.45) is 0 Å². The van der Waals surface area contributed by atoms with E-state index < -0.39 is 0 Å². The Morgan fingerprint density at radius 1 is 1.60 bits per heavy atom. The van der Waals surface area contributed by atoms with Gasteiger partial charge >= 0.3 is 0 Å². The van der Waals surface area contributed by atoms with Crippen LogP contribution in [0, 0.1) is 11.3 Å². The second-order valence-corrected chi connectivity index (χ2v) is 3.99. The lowest BCUT2D eigenvalue weighted by atomic mass is 10.2. The first-order valence-electron chi connectivity index (χ1n) is 4.23. The molecule has 1 amide bonds. The molecule has 3 nitrogen and oxygen atoms in total. The van der Waals surface area contributed by atoms with Crippen LogP contribution in [0.4, 0.5) is 5.69 Å². The highest BCUT2D eigenvalue weighted by Gasteiger charge is 2.05. The maximum absolute atomic E-state index is 11.3. The number of halogens is 2. The van der Waals surface area contributed by atoms with Crippen molar-refractivity contribution < 1.29 is 4.79 Å². The van der Waals surface area contributed by atoms with Crippen molar-refractivity contribution in [1.29, 1.82) is 5.26 Å². The summed E-state index contributed by atoms with van der Waals surface area (Å²) in [6.45, 7) is 0. The molecule has 0 atom stereocenters. The van der Waals surface area contributed by atoms with E-state index in [4.69, 9.17) is 16.9 Å². The molecular weight excluding hydrogens is 279 g/mol. The summed E-state index contributed by atoms with van der Waals surface area (Å²) in [5.74, 6) is -0.113. The van der Waals surface area contributed by atoms with Gasteiger partial charge in [0.15, 0.2) is 0 Å². The molecule has 15 heavy (non-hydrogen) atoms. The van der Waals surface area contributed by atoms with Crippen LogP contribution in [0.2, 0.25) is 5.02 Å². The van der Waals surface area contributed by atoms with Gasteiger partial charge in [0, 0.05) is 11.8 Å². The van der Waals surface area contributed by atoms with Gasteiger partial charge in [-0.3, -0.25) is 4.79 Å². The molecule has 0 saturated heterocycles. The lowest BCUT2D eigenvalue weighted by molar-refractivity contribution is -0.115. The van der Waals surface area contributed by atoms with Crippen molar-refractivity contribution >= 4 is 39.1 Å². The molecule has 1 rings (SSSR count). The third kappa shape index (κ3) is 3.54. The van der Waals surface area contributed by atoms with E-state index >= 15 is 0 Å². The smallest absolute Gasteiger partial charge is 0.225 e. The summed E-state index contributed by atoms with van der Waals surface area (Å²) in [5.41, 5.74) is 1.00. The van der Waals surface area contributed by atoms with Crippen LogP contribution < -0.4 is 5.32 Å². The van der Waals surface area contributed by atoms with Gasteiger partial charge in [-0.15, -0.1) is 0 Å². The lowest BCUT2D eigenvalue weighted by Crippen LogP contribution is -2.11. The number of benzene rings is 1. The molecule has 0 heterocycles. The normalized spacial score (nSPS) is 9.40. The van der Waals surface area contributed by atoms with Crippen LogP contribution >= 0.6 is 27.5 Å². The van der Waals surface area contributed by atoms with Gasteiger partial charge < -0.3 is 5.32 Å². The van der Waals surface area contributed by atoms with Crippen LogP contribution in [0.5, 0.6) is 0 Å². The predicted molar refractivity (Wildman–Crippen MR) is 63.2 cm³/mol. The zero-order chi connectivity index (χ0) is 11.3. The molecule has 0 fully saturated rings. The molecule has 5 heteroatoms. The molecule has 0 aliphatic rings. The average Bonchev–Trinajstić information content (AvgIpc) is 2.21. The highest BCUT2D eigenvalue weighted by molar-refractivity contribution is 9.09. The van der Waals surface area contributed by atoms with Crippen LogP contribution in [-0.2, 0) is 4.79 Å². The van der Waals surface area contributed by atoms with Gasteiger partial charge in [-0.2, -0.15) is 5.26 Å². The first-order chi connectivity index (χ1) is 7.17. The minimum absolute atomic E-state index is 0.113. The summed E-state index contributed by atoms with van der Waals surface area (Å²) < 4.78 is 0. The first kappa shape index (κ1) is 12.0. The van der Waals surface area contributed by atoms with Crippen LogP contribution in [0.15, 0.2) is 18.2 Å². The second kappa shape index (κ2) is 5.74. The second-order valence-electron chi connectivity index (χ2n) is 2.79. The summed E-state index contributed by atoms with van der Waals surface area (Å²) in [5, 5.41) is 12.2. The Bertz CT molecular complexity index is 414. The molecule has 0 bridgehead atoms. The Labute approximate surface area is 101 Å². The van der Waals surface area contributed by atoms with E-state index in [0.717, 1.165) is 0 Å². The topological polar surface area (TPSA) is 52.9 Å². The van der Waals surface area contributed by atoms with E-state index in [9.17, 15) is 4.79 Å². The van der Waals surface area contributed by atoms with Crippen molar-refractivity contribution in [2.45, 2.75) is 6.42 Å². The monoisotopic (exact) mass is 286 g/mol. The predicted octanol–water partition coefficient (Wildman–Crippen LogP) is 2.94. The molecular formula is C10H8BrClN2O. The van der Waals surface area contributed by atoms with Gasteiger partial charge in [0.05, 0.1) is 22.3 Å². The number of rotatable bonds is 3. The van der Waals surface area contributed by atoms with Gasteiger partial charge in [0.1, 0.15) is 0 Å². The molecule has 1 aromatic carbocycles. The van der Waals surface area contributed by atoms with Crippen LogP contribution in [0.25, 0.3) is 0 Å². The van der Waals surface area contributed by atoms with E-state index in [1.54, 1.807) is 12.1 Å². The van der Waals surface area contributed by atoms with E-state index in [0.29, 0.717) is 28.0 Å². The molecule has 0 aliphatic heterocycles. The summed E-state index contributed by atoms with van der Waals surface area (Å²) in [4.78, 5) is 11.3. The van der Waals surface area contributed by atoms with Gasteiger partial charge in [0.25, 0.3) is 0 Å². The Balaban J connectivity index is 2.79. The van der Waals surface area contributed by atoms with E-state index in [2.05, 4.69) is 21.2 Å². The molecule has 1 N–H and O–H groups in total. The zero-order valence-electron chi connectivity index (χ0n) is 7.76. The lowest BCUT2D eigenvalue weighted by Gasteiger charge is -2.05. The zero-order valence-corrected chi connectivity index (χ0v) is 10.1. The van der Waals surface area contributed by atoms with Crippen molar-refractivity contribution in [3.05, 3.63) is 28.8 Å². The third-order valence-corrected chi connectivity index (χ3v) is 2.40. The number of carbonyl (C=O) groups excluding carboxylic acids is 1. The minimum Gasteiger partial charge on any atom is -0.325 e. The number of nitrogens with one attached hydrogen (secondary N) is 1. The maximum atomic E-state index is 11.3. The number of hydrogen-bond acceptors (Lipinski definition) is 2. The number of carbonyl (C=O) groups is 1. The maximum Gasteiger partial charge on any atom is 0.225 e. The average molecular weight is 288 g/mol. The fourth-order valence-corrected chi connectivity index (χ4v) is 1.57. The summed E-state index contributed by atoms with van der Waals surface area (Å²) in [7, 11) is 0. The molecule has 0 saturated carbocycles. The third-order valence-electron chi connectivity index (χ3n) is 1.69. The van der Waals surface area contributed by atoms with E-state index in [1.807, 2.05) is 6.07 Å². The molecule has 0 spiro atoms. The van der Waals surface area contributed by atoms with Crippen molar-refractivity contribution in [3.8, 4) is 6.07 Å². The van der Waals surface area contributed by atoms with Gasteiger partial charge in [-0.05, 0) is 18.2 Å². The fourth-order valence-electron chi connectivity index (χ4n) is 0.985. The van der Waals surface area contributed by atoms with E-state index in [1.165, 1.54) is 6.07 Å². The Hall–Kier alpha value is -1.05. The number of amides is 1. The Morgan fingerprint density at radius 2 is 2.33 bits per heavy atom. The number of nitriles is 1. The van der Waals surface area contributed by atoms with Crippen LogP contribution in [-0.4, -0.2) is 11.2 Å². The minimum atomic E-state index is -0.113. The highest BCUT2D eigenvalue weighted by Crippen LogP contribution is 2.22. The van der Waals surface area contributed by atoms with E-state index in [-0.39, 0.29) is 5.91 Å². The Kier molecular flexibility index (Phi) is 4.60. The fraction of sp³-hybridized carbons (Fsp3) is 0.200. The summed E-state index contributed by atoms with van der Waals surface area (Å²) in [6.07, 6.45) is 0.385. The number of nitrogens with zero attached hydrogens (tertiary/aromatic N) is 1. The molecule has 0 unspecified atom stereocenters. The summed E-state index contributed by atoms with van der Waals surface area (Å²) >= 11 is 9.04. The molecule has 0 radical (unpaired) electrons. The van der Waals surface area contributed by atoms with Gasteiger partial charge in [-0.25, -0.2) is 0 Å². The largest absolute Gasteiger partial charge is 0.325 e. The molecule has 0 aromatic heterocycles.